The van der Waals surface area contributed by atoms with E-state index in [0.29, 0.717) is 18.0 Å². The molecular formula is C12H16N2OS. The van der Waals surface area contributed by atoms with Crippen molar-refractivity contribution in [2.45, 2.75) is 13.3 Å². The van der Waals surface area contributed by atoms with Crippen molar-refractivity contribution in [3.8, 4) is 0 Å². The molecule has 0 atom stereocenters. The maximum Gasteiger partial charge on any atom is 0.227 e. The summed E-state index contributed by atoms with van der Waals surface area (Å²) in [5.41, 5.74) is 7.56. The van der Waals surface area contributed by atoms with Gasteiger partial charge in [-0.1, -0.05) is 36.5 Å². The summed E-state index contributed by atoms with van der Waals surface area (Å²) < 4.78 is 0. The van der Waals surface area contributed by atoms with Gasteiger partial charge >= 0.3 is 0 Å². The average Bonchev–Trinajstić information content (AvgIpc) is 2.20. The first kappa shape index (κ1) is 12.6. The quantitative estimate of drug-likeness (QED) is 0.801. The van der Waals surface area contributed by atoms with Crippen LogP contribution >= 0.6 is 12.2 Å². The molecule has 0 saturated carbocycles. The highest BCUT2D eigenvalue weighted by atomic mass is 32.1. The molecule has 86 valence electrons. The van der Waals surface area contributed by atoms with Gasteiger partial charge in [0.15, 0.2) is 0 Å². The molecule has 0 aliphatic heterocycles. The molecule has 0 heterocycles. The van der Waals surface area contributed by atoms with E-state index in [1.165, 1.54) is 0 Å². The number of hydrogen-bond acceptors (Lipinski definition) is 2. The summed E-state index contributed by atoms with van der Waals surface area (Å²) in [4.78, 5) is 13.7. The fourth-order valence-electron chi connectivity index (χ4n) is 1.43. The van der Waals surface area contributed by atoms with E-state index in [1.807, 2.05) is 31.2 Å². The Kier molecular flexibility index (Phi) is 4.43. The van der Waals surface area contributed by atoms with Crippen molar-refractivity contribution in [1.82, 2.24) is 4.90 Å². The van der Waals surface area contributed by atoms with Gasteiger partial charge in [0.1, 0.15) is 0 Å². The number of thiocarbonyl (C=S) groups is 1. The van der Waals surface area contributed by atoms with Crippen LogP contribution in [0.5, 0.6) is 0 Å². The van der Waals surface area contributed by atoms with Crippen molar-refractivity contribution in [2.75, 3.05) is 13.6 Å². The lowest BCUT2D eigenvalue weighted by molar-refractivity contribution is -0.128. The number of rotatable bonds is 4. The number of hydrogen-bond donors (Lipinski definition) is 1. The van der Waals surface area contributed by atoms with Gasteiger partial charge in [-0.3, -0.25) is 4.79 Å². The van der Waals surface area contributed by atoms with Crippen LogP contribution in [0.4, 0.5) is 0 Å². The second kappa shape index (κ2) is 5.61. The van der Waals surface area contributed by atoms with Crippen LogP contribution in [0.3, 0.4) is 0 Å². The third-order valence-electron chi connectivity index (χ3n) is 2.42. The Labute approximate surface area is 101 Å². The predicted molar refractivity (Wildman–Crippen MR) is 69.3 cm³/mol. The molecular weight excluding hydrogens is 220 g/mol. The van der Waals surface area contributed by atoms with Gasteiger partial charge in [0.05, 0.1) is 18.0 Å². The predicted octanol–water partition coefficient (Wildman–Crippen LogP) is 1.28. The van der Waals surface area contributed by atoms with Crippen LogP contribution in [0.25, 0.3) is 0 Å². The summed E-state index contributed by atoms with van der Waals surface area (Å²) in [6, 6.07) is 7.85. The Bertz CT molecular complexity index is 404. The number of nitrogens with zero attached hydrogens (tertiary/aromatic N) is 1. The second-order valence-corrected chi connectivity index (χ2v) is 4.34. The van der Waals surface area contributed by atoms with Gasteiger partial charge in [0.2, 0.25) is 5.91 Å². The number of nitrogens with two attached hydrogens (primary N) is 1. The van der Waals surface area contributed by atoms with Crippen molar-refractivity contribution >= 4 is 23.1 Å². The molecule has 0 bridgehead atoms. The Morgan fingerprint density at radius 1 is 1.44 bits per heavy atom. The molecule has 1 amide bonds. The van der Waals surface area contributed by atoms with Crippen LogP contribution in [0.1, 0.15) is 11.1 Å². The van der Waals surface area contributed by atoms with Crippen LogP contribution in [-0.2, 0) is 11.2 Å². The first-order chi connectivity index (χ1) is 7.50. The fourth-order valence-corrected chi connectivity index (χ4v) is 1.62. The molecule has 0 saturated heterocycles. The van der Waals surface area contributed by atoms with E-state index in [2.05, 4.69) is 0 Å². The summed E-state index contributed by atoms with van der Waals surface area (Å²) in [5.74, 6) is 0.0297. The third-order valence-corrected chi connectivity index (χ3v) is 2.55. The number of likely N-dealkylation sites (N-methyl/N-ethyl adjacent to an activating group) is 1. The zero-order valence-corrected chi connectivity index (χ0v) is 10.4. The van der Waals surface area contributed by atoms with E-state index >= 15 is 0 Å². The van der Waals surface area contributed by atoms with Crippen molar-refractivity contribution in [3.05, 3.63) is 35.4 Å². The first-order valence-electron chi connectivity index (χ1n) is 5.07. The summed E-state index contributed by atoms with van der Waals surface area (Å²) in [7, 11) is 1.71. The minimum absolute atomic E-state index is 0.0297. The maximum absolute atomic E-state index is 11.8. The maximum atomic E-state index is 11.8. The Hall–Kier alpha value is -1.42. The molecule has 0 fully saturated rings. The van der Waals surface area contributed by atoms with Crippen LogP contribution in [0.15, 0.2) is 24.3 Å². The molecule has 16 heavy (non-hydrogen) atoms. The largest absolute Gasteiger partial charge is 0.392 e. The van der Waals surface area contributed by atoms with Crippen LogP contribution in [0, 0.1) is 6.92 Å². The van der Waals surface area contributed by atoms with Gasteiger partial charge in [-0.25, -0.2) is 0 Å². The monoisotopic (exact) mass is 236 g/mol. The molecule has 3 nitrogen and oxygen atoms in total. The second-order valence-electron chi connectivity index (χ2n) is 3.82. The molecule has 0 aromatic heterocycles. The molecule has 1 aromatic carbocycles. The van der Waals surface area contributed by atoms with Crippen molar-refractivity contribution in [2.24, 2.45) is 5.73 Å². The molecule has 4 heteroatoms. The molecule has 0 radical (unpaired) electrons. The van der Waals surface area contributed by atoms with Gasteiger partial charge in [0.25, 0.3) is 0 Å². The van der Waals surface area contributed by atoms with E-state index in [1.54, 1.807) is 11.9 Å². The number of benzene rings is 1. The zero-order valence-electron chi connectivity index (χ0n) is 9.56. The van der Waals surface area contributed by atoms with Gasteiger partial charge in [-0.2, -0.15) is 0 Å². The smallest absolute Gasteiger partial charge is 0.227 e. The van der Waals surface area contributed by atoms with Gasteiger partial charge < -0.3 is 10.6 Å². The van der Waals surface area contributed by atoms with E-state index < -0.39 is 0 Å². The van der Waals surface area contributed by atoms with E-state index in [-0.39, 0.29) is 5.91 Å². The zero-order chi connectivity index (χ0) is 12.1. The lowest BCUT2D eigenvalue weighted by atomic mass is 10.1. The highest BCUT2D eigenvalue weighted by Gasteiger charge is 2.11. The SMILES string of the molecule is Cc1ccccc1CC(=O)N(C)CC(N)=S. The van der Waals surface area contributed by atoms with Crippen molar-refractivity contribution < 1.29 is 4.79 Å². The van der Waals surface area contributed by atoms with Crippen molar-refractivity contribution in [3.63, 3.8) is 0 Å². The van der Waals surface area contributed by atoms with Crippen molar-refractivity contribution in [1.29, 1.82) is 0 Å². The normalized spacial score (nSPS) is 9.88. The molecule has 0 spiro atoms. The highest BCUT2D eigenvalue weighted by molar-refractivity contribution is 7.80. The summed E-state index contributed by atoms with van der Waals surface area (Å²) in [5, 5.41) is 0. The van der Waals surface area contributed by atoms with E-state index in [9.17, 15) is 4.79 Å². The minimum atomic E-state index is 0.0297. The number of amides is 1. The van der Waals surface area contributed by atoms with Crippen LogP contribution in [-0.4, -0.2) is 29.4 Å². The van der Waals surface area contributed by atoms with Gasteiger partial charge in [0, 0.05) is 7.05 Å². The topological polar surface area (TPSA) is 46.3 Å². The summed E-state index contributed by atoms with van der Waals surface area (Å²) >= 11 is 4.77. The number of aryl methyl sites for hydroxylation is 1. The molecule has 1 rings (SSSR count). The highest BCUT2D eigenvalue weighted by Crippen LogP contribution is 2.08. The fraction of sp³-hybridized carbons (Fsp3) is 0.333. The molecule has 0 aliphatic carbocycles. The Balaban J connectivity index is 2.64. The van der Waals surface area contributed by atoms with E-state index in [0.717, 1.165) is 11.1 Å². The Morgan fingerprint density at radius 3 is 2.62 bits per heavy atom. The molecule has 1 aromatic rings. The minimum Gasteiger partial charge on any atom is -0.392 e. The Morgan fingerprint density at radius 2 is 2.06 bits per heavy atom. The molecule has 0 aliphatic rings. The molecule has 0 unspecified atom stereocenters. The first-order valence-corrected chi connectivity index (χ1v) is 5.48. The van der Waals surface area contributed by atoms with Crippen LogP contribution < -0.4 is 5.73 Å². The lowest BCUT2D eigenvalue weighted by Gasteiger charge is -2.16. The standard InChI is InChI=1S/C12H16N2OS/c1-9-5-3-4-6-10(9)7-12(15)14(2)8-11(13)16/h3-6H,7-8H2,1-2H3,(H2,13,16). The van der Waals surface area contributed by atoms with Gasteiger partial charge in [-0.05, 0) is 18.1 Å². The lowest BCUT2D eigenvalue weighted by Crippen LogP contribution is -2.35. The number of carbonyl (C=O) groups excluding carboxylic acids is 1. The van der Waals surface area contributed by atoms with Gasteiger partial charge in [-0.15, -0.1) is 0 Å². The summed E-state index contributed by atoms with van der Waals surface area (Å²) in [6.07, 6.45) is 0.395. The molecule has 2 N–H and O–H groups in total. The average molecular weight is 236 g/mol. The van der Waals surface area contributed by atoms with E-state index in [4.69, 9.17) is 18.0 Å². The number of carbonyl (C=O) groups is 1. The summed E-state index contributed by atoms with van der Waals surface area (Å²) in [6.45, 7) is 2.33. The van der Waals surface area contributed by atoms with Crippen LogP contribution in [0.2, 0.25) is 0 Å². The third kappa shape index (κ3) is 3.62.